The number of ether oxygens (including phenoxy) is 3. The van der Waals surface area contributed by atoms with Crippen LogP contribution in [0.3, 0.4) is 0 Å². The molecule has 1 heterocycles. The Morgan fingerprint density at radius 1 is 0.853 bits per heavy atom. The number of hydrogen-bond acceptors (Lipinski definition) is 6. The summed E-state index contributed by atoms with van der Waals surface area (Å²) in [6, 6.07) is 17.4. The van der Waals surface area contributed by atoms with E-state index < -0.39 is 17.6 Å². The van der Waals surface area contributed by atoms with Gasteiger partial charge in [-0.3, -0.25) is 9.59 Å². The van der Waals surface area contributed by atoms with Crippen LogP contribution in [0.25, 0.3) is 5.57 Å². The molecular weight excluding hydrogens is 439 g/mol. The highest BCUT2D eigenvalue weighted by molar-refractivity contribution is 6.46. The standard InChI is InChI=1S/C26H23FN2O5/c1-4-34-18-11-9-16(10-12-18)23-24(28-17-13-19(32-2)15-20(14-17)33-3)26(31)29(25(23)30)22-8-6-5-7-21(22)27/h5-15,28H,4H2,1-3H3. The summed E-state index contributed by atoms with van der Waals surface area (Å²) in [6.07, 6.45) is 0. The molecule has 0 fully saturated rings. The fourth-order valence-electron chi connectivity index (χ4n) is 3.67. The summed E-state index contributed by atoms with van der Waals surface area (Å²) >= 11 is 0. The van der Waals surface area contributed by atoms with Gasteiger partial charge in [0.25, 0.3) is 11.8 Å². The molecule has 1 aliphatic heterocycles. The Balaban J connectivity index is 1.82. The van der Waals surface area contributed by atoms with E-state index in [1.165, 1.54) is 32.4 Å². The zero-order valence-corrected chi connectivity index (χ0v) is 18.9. The summed E-state index contributed by atoms with van der Waals surface area (Å²) in [5.41, 5.74) is 0.941. The predicted molar refractivity (Wildman–Crippen MR) is 127 cm³/mol. The number of carbonyl (C=O) groups is 2. The van der Waals surface area contributed by atoms with Gasteiger partial charge in [0, 0.05) is 23.9 Å². The fraction of sp³-hybridized carbons (Fsp3) is 0.154. The number of anilines is 2. The summed E-state index contributed by atoms with van der Waals surface area (Å²) in [7, 11) is 3.01. The number of hydrogen-bond donors (Lipinski definition) is 1. The smallest absolute Gasteiger partial charge is 0.282 e. The summed E-state index contributed by atoms with van der Waals surface area (Å²) in [5, 5.41) is 3.03. The molecule has 174 valence electrons. The molecule has 0 spiro atoms. The molecule has 0 aromatic heterocycles. The second-order valence-corrected chi connectivity index (χ2v) is 7.33. The quantitative estimate of drug-likeness (QED) is 0.492. The van der Waals surface area contributed by atoms with Crippen molar-refractivity contribution in [3.05, 3.63) is 83.8 Å². The van der Waals surface area contributed by atoms with E-state index in [1.807, 2.05) is 6.92 Å². The van der Waals surface area contributed by atoms with Crippen molar-refractivity contribution in [2.45, 2.75) is 6.92 Å². The van der Waals surface area contributed by atoms with Gasteiger partial charge in [0.1, 0.15) is 28.8 Å². The number of nitrogens with zero attached hydrogens (tertiary/aromatic N) is 1. The highest BCUT2D eigenvalue weighted by atomic mass is 19.1. The van der Waals surface area contributed by atoms with Crippen LogP contribution < -0.4 is 24.4 Å². The Kier molecular flexibility index (Phi) is 6.49. The normalized spacial score (nSPS) is 13.4. The molecule has 0 unspecified atom stereocenters. The number of para-hydroxylation sites is 1. The molecule has 1 aliphatic rings. The third-order valence-electron chi connectivity index (χ3n) is 5.25. The lowest BCUT2D eigenvalue weighted by atomic mass is 10.0. The average molecular weight is 462 g/mol. The van der Waals surface area contributed by atoms with Gasteiger partial charge in [0.15, 0.2) is 0 Å². The zero-order chi connectivity index (χ0) is 24.2. The van der Waals surface area contributed by atoms with Crippen molar-refractivity contribution in [3.63, 3.8) is 0 Å². The van der Waals surface area contributed by atoms with Crippen LogP contribution in [0.2, 0.25) is 0 Å². The van der Waals surface area contributed by atoms with Crippen molar-refractivity contribution in [1.82, 2.24) is 0 Å². The largest absolute Gasteiger partial charge is 0.497 e. The molecule has 3 aromatic rings. The number of carbonyl (C=O) groups excluding carboxylic acids is 2. The lowest BCUT2D eigenvalue weighted by Crippen LogP contribution is -2.33. The van der Waals surface area contributed by atoms with Crippen molar-refractivity contribution in [3.8, 4) is 17.2 Å². The summed E-state index contributed by atoms with van der Waals surface area (Å²) < 4.78 is 30.7. The first-order chi connectivity index (χ1) is 16.5. The van der Waals surface area contributed by atoms with Crippen molar-refractivity contribution in [2.24, 2.45) is 0 Å². The number of amides is 2. The Hall–Kier alpha value is -4.33. The Morgan fingerprint density at radius 2 is 1.50 bits per heavy atom. The number of halogens is 1. The topological polar surface area (TPSA) is 77.1 Å². The van der Waals surface area contributed by atoms with Crippen LogP contribution in [0.4, 0.5) is 15.8 Å². The Morgan fingerprint density at radius 3 is 2.09 bits per heavy atom. The molecule has 4 rings (SSSR count). The van der Waals surface area contributed by atoms with Gasteiger partial charge in [-0.15, -0.1) is 0 Å². The van der Waals surface area contributed by atoms with Gasteiger partial charge in [-0.25, -0.2) is 9.29 Å². The first-order valence-electron chi connectivity index (χ1n) is 10.6. The second kappa shape index (κ2) is 9.66. The molecule has 0 saturated heterocycles. The second-order valence-electron chi connectivity index (χ2n) is 7.33. The Bertz CT molecular complexity index is 1250. The number of rotatable bonds is 8. The van der Waals surface area contributed by atoms with Gasteiger partial charge in [-0.2, -0.15) is 0 Å². The summed E-state index contributed by atoms with van der Waals surface area (Å²) in [5.74, 6) is -0.390. The van der Waals surface area contributed by atoms with Crippen LogP contribution >= 0.6 is 0 Å². The maximum atomic E-state index is 14.6. The molecule has 1 N–H and O–H groups in total. The predicted octanol–water partition coefficient (Wildman–Crippen LogP) is 4.64. The molecular formula is C26H23FN2O5. The number of benzene rings is 3. The number of imide groups is 1. The lowest BCUT2D eigenvalue weighted by molar-refractivity contribution is -0.120. The van der Waals surface area contributed by atoms with Gasteiger partial charge in [0.05, 0.1) is 32.1 Å². The van der Waals surface area contributed by atoms with Crippen molar-refractivity contribution in [1.29, 1.82) is 0 Å². The third-order valence-corrected chi connectivity index (χ3v) is 5.25. The molecule has 8 heteroatoms. The van der Waals surface area contributed by atoms with E-state index in [0.717, 1.165) is 4.90 Å². The van der Waals surface area contributed by atoms with Crippen LogP contribution in [0.5, 0.6) is 17.2 Å². The van der Waals surface area contributed by atoms with E-state index >= 15 is 0 Å². The van der Waals surface area contributed by atoms with E-state index in [9.17, 15) is 14.0 Å². The zero-order valence-electron chi connectivity index (χ0n) is 18.9. The molecule has 2 amide bonds. The highest BCUT2D eigenvalue weighted by Gasteiger charge is 2.41. The van der Waals surface area contributed by atoms with Crippen LogP contribution in [0.1, 0.15) is 12.5 Å². The summed E-state index contributed by atoms with van der Waals surface area (Å²) in [6.45, 7) is 2.36. The fourth-order valence-corrected chi connectivity index (χ4v) is 3.67. The summed E-state index contributed by atoms with van der Waals surface area (Å²) in [4.78, 5) is 27.8. The minimum atomic E-state index is -0.681. The van der Waals surface area contributed by atoms with E-state index in [0.29, 0.717) is 35.1 Å². The van der Waals surface area contributed by atoms with Gasteiger partial charge < -0.3 is 19.5 Å². The van der Waals surface area contributed by atoms with E-state index in [4.69, 9.17) is 14.2 Å². The van der Waals surface area contributed by atoms with Crippen molar-refractivity contribution >= 4 is 28.8 Å². The Labute approximate surface area is 196 Å². The molecule has 0 saturated carbocycles. The van der Waals surface area contributed by atoms with Crippen molar-refractivity contribution < 1.29 is 28.2 Å². The van der Waals surface area contributed by atoms with E-state index in [2.05, 4.69) is 5.32 Å². The lowest BCUT2D eigenvalue weighted by Gasteiger charge is -2.16. The molecule has 0 aliphatic carbocycles. The first kappa shape index (κ1) is 22.8. The van der Waals surface area contributed by atoms with Gasteiger partial charge in [-0.05, 0) is 36.8 Å². The minimum Gasteiger partial charge on any atom is -0.497 e. The average Bonchev–Trinajstić information content (AvgIpc) is 3.09. The molecule has 0 bridgehead atoms. The van der Waals surface area contributed by atoms with Crippen LogP contribution in [0, 0.1) is 5.82 Å². The number of nitrogens with one attached hydrogen (secondary N) is 1. The maximum Gasteiger partial charge on any atom is 0.282 e. The van der Waals surface area contributed by atoms with Crippen LogP contribution in [-0.2, 0) is 9.59 Å². The molecule has 0 atom stereocenters. The molecule has 3 aromatic carbocycles. The molecule has 7 nitrogen and oxygen atoms in total. The molecule has 0 radical (unpaired) electrons. The SMILES string of the molecule is CCOc1ccc(C2=C(Nc3cc(OC)cc(OC)c3)C(=O)N(c3ccccc3F)C2=O)cc1. The van der Waals surface area contributed by atoms with Gasteiger partial charge in [-0.1, -0.05) is 24.3 Å². The number of methoxy groups -OCH3 is 2. The molecule has 34 heavy (non-hydrogen) atoms. The van der Waals surface area contributed by atoms with Gasteiger partial charge >= 0.3 is 0 Å². The monoisotopic (exact) mass is 462 g/mol. The highest BCUT2D eigenvalue weighted by Crippen LogP contribution is 2.36. The van der Waals surface area contributed by atoms with E-state index in [1.54, 1.807) is 48.5 Å². The van der Waals surface area contributed by atoms with Crippen LogP contribution in [-0.4, -0.2) is 32.6 Å². The van der Waals surface area contributed by atoms with Crippen LogP contribution in [0.15, 0.2) is 72.4 Å². The third kappa shape index (κ3) is 4.30. The van der Waals surface area contributed by atoms with E-state index in [-0.39, 0.29) is 17.0 Å². The first-order valence-corrected chi connectivity index (χ1v) is 10.6. The van der Waals surface area contributed by atoms with Crippen molar-refractivity contribution in [2.75, 3.05) is 31.0 Å². The van der Waals surface area contributed by atoms with Gasteiger partial charge in [0.2, 0.25) is 0 Å². The maximum absolute atomic E-state index is 14.6. The minimum absolute atomic E-state index is 0.00715.